The van der Waals surface area contributed by atoms with Gasteiger partial charge in [-0.1, -0.05) is 24.3 Å². The summed E-state index contributed by atoms with van der Waals surface area (Å²) < 4.78 is 13.0. The second-order valence-electron chi connectivity index (χ2n) is 6.42. The molecule has 1 saturated heterocycles. The second-order valence-corrected chi connectivity index (χ2v) is 6.42. The lowest BCUT2D eigenvalue weighted by Gasteiger charge is -2.29. The first kappa shape index (κ1) is 15.8. The summed E-state index contributed by atoms with van der Waals surface area (Å²) in [5.41, 5.74) is 1.94. The van der Waals surface area contributed by atoms with Crippen molar-refractivity contribution in [1.82, 2.24) is 9.97 Å². The Morgan fingerprint density at radius 2 is 1.68 bits per heavy atom. The monoisotopic (exact) mass is 336 g/mol. The van der Waals surface area contributed by atoms with Crippen LogP contribution in [0.2, 0.25) is 0 Å². The van der Waals surface area contributed by atoms with Gasteiger partial charge >= 0.3 is 0 Å². The number of fused-ring (bicyclic) bond motifs is 1. The molecule has 0 radical (unpaired) electrons. The SMILES string of the molecule is Fc1ccc(CNc2nc(N3CCCCC3)c3ccccc3n2)cc1. The topological polar surface area (TPSA) is 41.1 Å². The van der Waals surface area contributed by atoms with E-state index in [1.54, 1.807) is 12.1 Å². The molecule has 0 saturated carbocycles. The molecule has 0 atom stereocenters. The number of anilines is 2. The number of aromatic nitrogens is 2. The second kappa shape index (κ2) is 7.05. The summed E-state index contributed by atoms with van der Waals surface area (Å²) >= 11 is 0. The average molecular weight is 336 g/mol. The third kappa shape index (κ3) is 3.55. The quantitative estimate of drug-likeness (QED) is 0.768. The maximum absolute atomic E-state index is 13.0. The predicted octanol–water partition coefficient (Wildman–Crippen LogP) is 4.37. The van der Waals surface area contributed by atoms with E-state index in [9.17, 15) is 4.39 Å². The molecule has 0 amide bonds. The summed E-state index contributed by atoms with van der Waals surface area (Å²) in [4.78, 5) is 11.8. The molecule has 4 nitrogen and oxygen atoms in total. The van der Waals surface area contributed by atoms with Gasteiger partial charge in [-0.05, 0) is 49.1 Å². The number of halogens is 1. The van der Waals surface area contributed by atoms with E-state index >= 15 is 0 Å². The number of para-hydroxylation sites is 1. The number of nitrogens with zero attached hydrogens (tertiary/aromatic N) is 3. The van der Waals surface area contributed by atoms with Crippen molar-refractivity contribution >= 4 is 22.7 Å². The minimum absolute atomic E-state index is 0.224. The van der Waals surface area contributed by atoms with Gasteiger partial charge in [0.15, 0.2) is 0 Å². The Morgan fingerprint density at radius 3 is 2.48 bits per heavy atom. The smallest absolute Gasteiger partial charge is 0.225 e. The highest BCUT2D eigenvalue weighted by atomic mass is 19.1. The van der Waals surface area contributed by atoms with Crippen LogP contribution in [0.15, 0.2) is 48.5 Å². The Hall–Kier alpha value is -2.69. The van der Waals surface area contributed by atoms with Gasteiger partial charge in [0.2, 0.25) is 5.95 Å². The molecule has 1 aliphatic rings. The lowest BCUT2D eigenvalue weighted by Crippen LogP contribution is -2.30. The number of benzene rings is 2. The standard InChI is InChI=1S/C20H21FN4/c21-16-10-8-15(9-11-16)14-22-20-23-18-7-3-2-6-17(18)19(24-20)25-12-4-1-5-13-25/h2-3,6-11H,1,4-5,12-14H2,(H,22,23,24). The van der Waals surface area contributed by atoms with Crippen LogP contribution < -0.4 is 10.2 Å². The van der Waals surface area contributed by atoms with Crippen LogP contribution in [0.3, 0.4) is 0 Å². The molecular formula is C20H21FN4. The van der Waals surface area contributed by atoms with Crippen LogP contribution in [0, 0.1) is 5.82 Å². The van der Waals surface area contributed by atoms with Crippen molar-refractivity contribution in [1.29, 1.82) is 0 Å². The van der Waals surface area contributed by atoms with E-state index < -0.39 is 0 Å². The molecule has 0 spiro atoms. The summed E-state index contributed by atoms with van der Waals surface area (Å²) in [5, 5.41) is 4.37. The molecule has 2 aromatic carbocycles. The maximum Gasteiger partial charge on any atom is 0.225 e. The fourth-order valence-electron chi connectivity index (χ4n) is 3.27. The van der Waals surface area contributed by atoms with Crippen molar-refractivity contribution in [3.63, 3.8) is 0 Å². The minimum Gasteiger partial charge on any atom is -0.356 e. The van der Waals surface area contributed by atoms with E-state index in [0.29, 0.717) is 12.5 Å². The van der Waals surface area contributed by atoms with Crippen LogP contribution in [0.1, 0.15) is 24.8 Å². The summed E-state index contributed by atoms with van der Waals surface area (Å²) in [6, 6.07) is 14.6. The number of rotatable bonds is 4. The van der Waals surface area contributed by atoms with Crippen LogP contribution in [-0.4, -0.2) is 23.1 Å². The molecule has 1 fully saturated rings. The van der Waals surface area contributed by atoms with Gasteiger partial charge in [0.05, 0.1) is 5.52 Å². The summed E-state index contributed by atoms with van der Waals surface area (Å²) in [6.07, 6.45) is 3.70. The largest absolute Gasteiger partial charge is 0.356 e. The molecule has 1 N–H and O–H groups in total. The first-order valence-corrected chi connectivity index (χ1v) is 8.80. The van der Waals surface area contributed by atoms with E-state index in [4.69, 9.17) is 4.98 Å². The zero-order valence-electron chi connectivity index (χ0n) is 14.1. The van der Waals surface area contributed by atoms with E-state index in [1.165, 1.54) is 31.4 Å². The highest BCUT2D eigenvalue weighted by molar-refractivity contribution is 5.90. The van der Waals surface area contributed by atoms with E-state index in [-0.39, 0.29) is 5.82 Å². The molecule has 1 aromatic heterocycles. The van der Waals surface area contributed by atoms with Gasteiger partial charge < -0.3 is 10.2 Å². The fourth-order valence-corrected chi connectivity index (χ4v) is 3.27. The number of hydrogen-bond acceptors (Lipinski definition) is 4. The maximum atomic E-state index is 13.0. The van der Waals surface area contributed by atoms with Crippen LogP contribution in [0.5, 0.6) is 0 Å². The molecule has 3 aromatic rings. The number of piperidine rings is 1. The highest BCUT2D eigenvalue weighted by Gasteiger charge is 2.16. The van der Waals surface area contributed by atoms with Crippen molar-refractivity contribution in [2.24, 2.45) is 0 Å². The van der Waals surface area contributed by atoms with E-state index in [1.807, 2.05) is 18.2 Å². The summed E-state index contributed by atoms with van der Waals surface area (Å²) in [5.74, 6) is 1.40. The lowest BCUT2D eigenvalue weighted by atomic mass is 10.1. The van der Waals surface area contributed by atoms with Crippen molar-refractivity contribution in [2.45, 2.75) is 25.8 Å². The van der Waals surface area contributed by atoms with Crippen molar-refractivity contribution in [3.05, 3.63) is 59.9 Å². The number of hydrogen-bond donors (Lipinski definition) is 1. The first-order chi connectivity index (χ1) is 12.3. The summed E-state index contributed by atoms with van der Waals surface area (Å²) in [6.45, 7) is 2.65. The van der Waals surface area contributed by atoms with Gasteiger partial charge in [0.1, 0.15) is 11.6 Å². The Bertz CT molecular complexity index is 857. The zero-order chi connectivity index (χ0) is 17.1. The Labute approximate surface area is 146 Å². The van der Waals surface area contributed by atoms with Crippen LogP contribution in [-0.2, 0) is 6.54 Å². The number of nitrogens with one attached hydrogen (secondary N) is 1. The molecule has 25 heavy (non-hydrogen) atoms. The minimum atomic E-state index is -0.224. The van der Waals surface area contributed by atoms with Gasteiger partial charge in [-0.2, -0.15) is 4.98 Å². The average Bonchev–Trinajstić information content (AvgIpc) is 2.67. The zero-order valence-corrected chi connectivity index (χ0v) is 14.1. The van der Waals surface area contributed by atoms with E-state index in [2.05, 4.69) is 21.3 Å². The van der Waals surface area contributed by atoms with Crippen molar-refractivity contribution in [3.8, 4) is 0 Å². The normalized spacial score (nSPS) is 14.7. The van der Waals surface area contributed by atoms with Gasteiger partial charge in [-0.3, -0.25) is 0 Å². The third-order valence-corrected chi connectivity index (χ3v) is 4.60. The lowest BCUT2D eigenvalue weighted by molar-refractivity contribution is 0.574. The highest BCUT2D eigenvalue weighted by Crippen LogP contribution is 2.27. The molecule has 0 aliphatic carbocycles. The molecule has 128 valence electrons. The molecule has 0 bridgehead atoms. The molecular weight excluding hydrogens is 315 g/mol. The van der Waals surface area contributed by atoms with Crippen molar-refractivity contribution < 1.29 is 4.39 Å². The predicted molar refractivity (Wildman–Crippen MR) is 99.3 cm³/mol. The summed E-state index contributed by atoms with van der Waals surface area (Å²) in [7, 11) is 0. The Kier molecular flexibility index (Phi) is 4.46. The Balaban J connectivity index is 1.63. The third-order valence-electron chi connectivity index (χ3n) is 4.60. The molecule has 5 heteroatoms. The van der Waals surface area contributed by atoms with E-state index in [0.717, 1.165) is 35.4 Å². The van der Waals surface area contributed by atoms with Gasteiger partial charge in [-0.15, -0.1) is 0 Å². The molecule has 4 rings (SSSR count). The van der Waals surface area contributed by atoms with Crippen molar-refractivity contribution in [2.75, 3.05) is 23.3 Å². The van der Waals surface area contributed by atoms with Crippen LogP contribution in [0.25, 0.3) is 10.9 Å². The van der Waals surface area contributed by atoms with Gasteiger partial charge in [0.25, 0.3) is 0 Å². The molecule has 0 unspecified atom stereocenters. The first-order valence-electron chi connectivity index (χ1n) is 8.80. The van der Waals surface area contributed by atoms with Crippen LogP contribution >= 0.6 is 0 Å². The Morgan fingerprint density at radius 1 is 0.920 bits per heavy atom. The van der Waals surface area contributed by atoms with Gasteiger partial charge in [0, 0.05) is 25.0 Å². The fraction of sp³-hybridized carbons (Fsp3) is 0.300. The molecule has 1 aliphatic heterocycles. The van der Waals surface area contributed by atoms with Gasteiger partial charge in [-0.25, -0.2) is 9.37 Å². The van der Waals surface area contributed by atoms with Crippen LogP contribution in [0.4, 0.5) is 16.2 Å². The molecule has 2 heterocycles.